The van der Waals surface area contributed by atoms with E-state index in [1.165, 1.54) is 12.1 Å². The van der Waals surface area contributed by atoms with E-state index in [2.05, 4.69) is 54.2 Å². The predicted octanol–water partition coefficient (Wildman–Crippen LogP) is 1.60. The summed E-state index contributed by atoms with van der Waals surface area (Å²) in [5.41, 5.74) is 1.43. The van der Waals surface area contributed by atoms with E-state index < -0.39 is 0 Å². The molecule has 1 saturated heterocycles. The van der Waals surface area contributed by atoms with Crippen LogP contribution in [-0.2, 0) is 0 Å². The van der Waals surface area contributed by atoms with Gasteiger partial charge in [0.05, 0.1) is 0 Å². The molecule has 2 rings (SSSR count). The van der Waals surface area contributed by atoms with Crippen LogP contribution in [0.3, 0.4) is 0 Å². The van der Waals surface area contributed by atoms with Gasteiger partial charge in [0.1, 0.15) is 0 Å². The van der Waals surface area contributed by atoms with Crippen molar-refractivity contribution in [1.29, 1.82) is 0 Å². The molecule has 2 heteroatoms. The molecule has 0 saturated carbocycles. The first-order chi connectivity index (χ1) is 6.77. The summed E-state index contributed by atoms with van der Waals surface area (Å²) in [4.78, 5) is 4.84. The molecular formula is C12H18N2. The van der Waals surface area contributed by atoms with Crippen LogP contribution in [0.5, 0.6) is 0 Å². The molecule has 76 valence electrons. The normalized spacial score (nSPS) is 25.1. The largest absolute Gasteiger partial charge is 0.303 e. The Balaban J connectivity index is 2.16. The van der Waals surface area contributed by atoms with Gasteiger partial charge in [0.25, 0.3) is 0 Å². The van der Waals surface area contributed by atoms with Crippen molar-refractivity contribution in [3.63, 3.8) is 0 Å². The molecule has 1 aromatic rings. The molecule has 0 radical (unpaired) electrons. The van der Waals surface area contributed by atoms with Crippen molar-refractivity contribution >= 4 is 0 Å². The molecule has 1 aliphatic rings. The summed E-state index contributed by atoms with van der Waals surface area (Å²) in [6, 6.07) is 11.3. The van der Waals surface area contributed by atoms with Crippen molar-refractivity contribution in [3.05, 3.63) is 35.9 Å². The molecule has 1 aromatic carbocycles. The zero-order valence-corrected chi connectivity index (χ0v) is 8.98. The number of hydrogen-bond acceptors (Lipinski definition) is 2. The average Bonchev–Trinajstić information content (AvgIpc) is 2.23. The Bertz CT molecular complexity index is 284. The molecule has 1 unspecified atom stereocenters. The maximum Gasteiger partial charge on any atom is 0.0472 e. The third-order valence-electron chi connectivity index (χ3n) is 3.04. The number of rotatable bonds is 1. The monoisotopic (exact) mass is 190 g/mol. The summed E-state index contributed by atoms with van der Waals surface area (Å²) < 4.78 is 0. The minimum absolute atomic E-state index is 0.565. The fourth-order valence-electron chi connectivity index (χ4n) is 2.05. The SMILES string of the molecule is CN1CCN(C)C(c2ccccc2)C1. The first-order valence-corrected chi connectivity index (χ1v) is 5.21. The van der Waals surface area contributed by atoms with Crippen molar-refractivity contribution in [1.82, 2.24) is 9.80 Å². The molecule has 0 bridgehead atoms. The van der Waals surface area contributed by atoms with Gasteiger partial charge >= 0.3 is 0 Å². The predicted molar refractivity (Wildman–Crippen MR) is 59.3 cm³/mol. The van der Waals surface area contributed by atoms with Crippen LogP contribution in [0.25, 0.3) is 0 Å². The highest BCUT2D eigenvalue weighted by Crippen LogP contribution is 2.22. The lowest BCUT2D eigenvalue weighted by atomic mass is 10.0. The van der Waals surface area contributed by atoms with Crippen LogP contribution in [0.2, 0.25) is 0 Å². The molecule has 14 heavy (non-hydrogen) atoms. The first-order valence-electron chi connectivity index (χ1n) is 5.21. The summed E-state index contributed by atoms with van der Waals surface area (Å²) >= 11 is 0. The second-order valence-corrected chi connectivity index (χ2v) is 4.17. The second-order valence-electron chi connectivity index (χ2n) is 4.17. The van der Waals surface area contributed by atoms with Gasteiger partial charge in [0.15, 0.2) is 0 Å². The van der Waals surface area contributed by atoms with Gasteiger partial charge in [-0.1, -0.05) is 30.3 Å². The number of likely N-dealkylation sites (N-methyl/N-ethyl adjacent to an activating group) is 2. The van der Waals surface area contributed by atoms with Crippen LogP contribution < -0.4 is 0 Å². The summed E-state index contributed by atoms with van der Waals surface area (Å²) in [6.45, 7) is 3.48. The summed E-state index contributed by atoms with van der Waals surface area (Å²) in [5.74, 6) is 0. The maximum absolute atomic E-state index is 2.44. The molecule has 1 heterocycles. The van der Waals surface area contributed by atoms with Gasteiger partial charge in [-0.15, -0.1) is 0 Å². The van der Waals surface area contributed by atoms with Gasteiger partial charge in [-0.3, -0.25) is 4.90 Å². The van der Waals surface area contributed by atoms with E-state index in [9.17, 15) is 0 Å². The van der Waals surface area contributed by atoms with Crippen molar-refractivity contribution < 1.29 is 0 Å². The third-order valence-corrected chi connectivity index (χ3v) is 3.04. The minimum atomic E-state index is 0.565. The highest BCUT2D eigenvalue weighted by atomic mass is 15.3. The number of hydrogen-bond donors (Lipinski definition) is 0. The van der Waals surface area contributed by atoms with Crippen molar-refractivity contribution in [2.24, 2.45) is 0 Å². The zero-order chi connectivity index (χ0) is 9.97. The molecule has 0 N–H and O–H groups in total. The molecule has 1 fully saturated rings. The fourth-order valence-corrected chi connectivity index (χ4v) is 2.05. The second kappa shape index (κ2) is 4.11. The Morgan fingerprint density at radius 1 is 1.07 bits per heavy atom. The Hall–Kier alpha value is -0.860. The molecular weight excluding hydrogens is 172 g/mol. The van der Waals surface area contributed by atoms with Crippen LogP contribution in [0.1, 0.15) is 11.6 Å². The molecule has 0 amide bonds. The maximum atomic E-state index is 2.44. The van der Waals surface area contributed by atoms with E-state index in [4.69, 9.17) is 0 Å². The van der Waals surface area contributed by atoms with Gasteiger partial charge in [-0.05, 0) is 19.7 Å². The van der Waals surface area contributed by atoms with Gasteiger partial charge in [0.2, 0.25) is 0 Å². The van der Waals surface area contributed by atoms with Gasteiger partial charge in [-0.25, -0.2) is 0 Å². The van der Waals surface area contributed by atoms with E-state index in [1.807, 2.05) is 0 Å². The van der Waals surface area contributed by atoms with E-state index in [0.717, 1.165) is 13.1 Å². The van der Waals surface area contributed by atoms with Crippen molar-refractivity contribution in [2.75, 3.05) is 33.7 Å². The third kappa shape index (κ3) is 1.97. The topological polar surface area (TPSA) is 6.48 Å². The Kier molecular flexibility index (Phi) is 2.85. The average molecular weight is 190 g/mol. The Morgan fingerprint density at radius 3 is 2.50 bits per heavy atom. The first kappa shape index (κ1) is 9.69. The van der Waals surface area contributed by atoms with E-state index in [-0.39, 0.29) is 0 Å². The quantitative estimate of drug-likeness (QED) is 0.664. The Morgan fingerprint density at radius 2 is 1.79 bits per heavy atom. The lowest BCUT2D eigenvalue weighted by Gasteiger charge is -2.37. The van der Waals surface area contributed by atoms with Gasteiger partial charge < -0.3 is 4.90 Å². The smallest absolute Gasteiger partial charge is 0.0472 e. The molecule has 0 aromatic heterocycles. The van der Waals surface area contributed by atoms with Crippen LogP contribution in [-0.4, -0.2) is 43.5 Å². The molecule has 1 atom stereocenters. The number of nitrogens with zero attached hydrogens (tertiary/aromatic N) is 2. The van der Waals surface area contributed by atoms with Crippen molar-refractivity contribution in [3.8, 4) is 0 Å². The number of benzene rings is 1. The highest BCUT2D eigenvalue weighted by molar-refractivity contribution is 5.19. The number of piperazine rings is 1. The summed E-state index contributed by atoms with van der Waals surface area (Å²) in [5, 5.41) is 0. The van der Waals surface area contributed by atoms with Crippen LogP contribution in [0, 0.1) is 0 Å². The molecule has 2 nitrogen and oxygen atoms in total. The standard InChI is InChI=1S/C12H18N2/c1-13-8-9-14(2)12(10-13)11-6-4-3-5-7-11/h3-7,12H,8-10H2,1-2H3. The van der Waals surface area contributed by atoms with Crippen molar-refractivity contribution in [2.45, 2.75) is 6.04 Å². The molecule has 1 aliphatic heterocycles. The zero-order valence-electron chi connectivity index (χ0n) is 8.98. The van der Waals surface area contributed by atoms with Crippen LogP contribution in [0.4, 0.5) is 0 Å². The summed E-state index contributed by atoms with van der Waals surface area (Å²) in [7, 11) is 4.41. The van der Waals surface area contributed by atoms with E-state index in [1.54, 1.807) is 0 Å². The molecule has 0 spiro atoms. The highest BCUT2D eigenvalue weighted by Gasteiger charge is 2.22. The minimum Gasteiger partial charge on any atom is -0.303 e. The van der Waals surface area contributed by atoms with E-state index in [0.29, 0.717) is 6.04 Å². The van der Waals surface area contributed by atoms with Crippen LogP contribution in [0.15, 0.2) is 30.3 Å². The Labute approximate surface area is 86.1 Å². The lowest BCUT2D eigenvalue weighted by molar-refractivity contribution is 0.115. The summed E-state index contributed by atoms with van der Waals surface area (Å²) in [6.07, 6.45) is 0. The van der Waals surface area contributed by atoms with Gasteiger partial charge in [-0.2, -0.15) is 0 Å². The van der Waals surface area contributed by atoms with Crippen LogP contribution >= 0.6 is 0 Å². The fraction of sp³-hybridized carbons (Fsp3) is 0.500. The molecule has 0 aliphatic carbocycles. The van der Waals surface area contributed by atoms with Gasteiger partial charge in [0, 0.05) is 25.7 Å². The van der Waals surface area contributed by atoms with E-state index >= 15 is 0 Å². The lowest BCUT2D eigenvalue weighted by Crippen LogP contribution is -2.44.